The summed E-state index contributed by atoms with van der Waals surface area (Å²) in [5.74, 6) is 0.447. The van der Waals surface area contributed by atoms with Crippen LogP contribution in [0.5, 0.6) is 5.75 Å². The number of pyridine rings is 1. The topological polar surface area (TPSA) is 85.2 Å². The Hall–Kier alpha value is -3.54. The first-order valence-corrected chi connectivity index (χ1v) is 9.85. The highest BCUT2D eigenvalue weighted by Crippen LogP contribution is 2.29. The van der Waals surface area contributed by atoms with Gasteiger partial charge in [0.25, 0.3) is 5.91 Å². The van der Waals surface area contributed by atoms with Gasteiger partial charge in [0, 0.05) is 13.2 Å². The smallest absolute Gasteiger partial charge is 0.416 e. The van der Waals surface area contributed by atoms with Crippen LogP contribution < -0.4 is 15.0 Å². The maximum atomic E-state index is 12.7. The van der Waals surface area contributed by atoms with Gasteiger partial charge in [-0.3, -0.25) is 4.79 Å². The van der Waals surface area contributed by atoms with Crippen molar-refractivity contribution in [2.45, 2.75) is 18.8 Å². The Kier molecular flexibility index (Phi) is 5.78. The van der Waals surface area contributed by atoms with Crippen molar-refractivity contribution in [1.82, 2.24) is 25.1 Å². The predicted octanol–water partition coefficient (Wildman–Crippen LogP) is 2.69. The van der Waals surface area contributed by atoms with Gasteiger partial charge in [0.15, 0.2) is 11.6 Å². The molecule has 0 unspecified atom stereocenters. The molecule has 1 N–H and O–H groups in total. The number of rotatable bonds is 4. The van der Waals surface area contributed by atoms with Gasteiger partial charge in [0.1, 0.15) is 24.0 Å². The molecule has 12 heteroatoms. The van der Waals surface area contributed by atoms with Crippen LogP contribution in [0.4, 0.5) is 19.0 Å². The summed E-state index contributed by atoms with van der Waals surface area (Å²) >= 11 is 5.47. The number of aromatic nitrogens is 4. The molecule has 0 aliphatic carbocycles. The van der Waals surface area contributed by atoms with Gasteiger partial charge in [0.2, 0.25) is 5.82 Å². The molecular weight excluding hydrogens is 445 g/mol. The zero-order valence-electron chi connectivity index (χ0n) is 16.7. The van der Waals surface area contributed by atoms with E-state index in [1.54, 1.807) is 30.3 Å². The van der Waals surface area contributed by atoms with E-state index in [4.69, 9.17) is 17.0 Å². The molecular formula is C20H17F3N6O2S. The number of fused-ring (bicyclic) bond motifs is 1. The molecule has 3 heterocycles. The molecule has 1 aliphatic rings. The van der Waals surface area contributed by atoms with Crippen LogP contribution >= 0.6 is 12.2 Å². The van der Waals surface area contributed by atoms with E-state index in [0.29, 0.717) is 22.1 Å². The van der Waals surface area contributed by atoms with Crippen LogP contribution in [0.15, 0.2) is 48.9 Å². The van der Waals surface area contributed by atoms with E-state index in [0.717, 1.165) is 12.1 Å². The summed E-state index contributed by atoms with van der Waals surface area (Å²) in [7, 11) is 1.74. The molecule has 2 aromatic heterocycles. The normalized spacial score (nSPS) is 16.2. The number of nitrogens with one attached hydrogen (secondary N) is 1. The third-order valence-electron chi connectivity index (χ3n) is 4.77. The molecule has 0 saturated heterocycles. The number of anilines is 1. The highest BCUT2D eigenvalue weighted by molar-refractivity contribution is 7.80. The number of likely N-dealkylation sites (N-methyl/N-ethyl adjacent to an activating group) is 1. The molecule has 1 atom stereocenters. The van der Waals surface area contributed by atoms with Crippen molar-refractivity contribution in [2.75, 3.05) is 18.6 Å². The Morgan fingerprint density at radius 3 is 2.72 bits per heavy atom. The first-order chi connectivity index (χ1) is 15.2. The minimum atomic E-state index is -4.40. The van der Waals surface area contributed by atoms with Gasteiger partial charge in [-0.05, 0) is 29.8 Å². The quantitative estimate of drug-likeness (QED) is 0.597. The summed E-state index contributed by atoms with van der Waals surface area (Å²) in [6, 6.07) is 7.59. The molecule has 32 heavy (non-hydrogen) atoms. The molecule has 0 radical (unpaired) electrons. The van der Waals surface area contributed by atoms with Crippen LogP contribution in [0.25, 0.3) is 0 Å². The van der Waals surface area contributed by atoms with Crippen LogP contribution in [-0.4, -0.2) is 50.3 Å². The summed E-state index contributed by atoms with van der Waals surface area (Å²) in [5, 5.41) is 6.86. The summed E-state index contributed by atoms with van der Waals surface area (Å²) < 4.78 is 45.2. The largest absolute Gasteiger partial charge is 0.487 e. The molecule has 0 bridgehead atoms. The van der Waals surface area contributed by atoms with Gasteiger partial charge in [0.05, 0.1) is 12.1 Å². The van der Waals surface area contributed by atoms with Crippen LogP contribution in [0, 0.1) is 0 Å². The SMILES string of the molecule is CN1C(=S)[C@@H](NC(=O)c2ncn(Cc3ccc(C(F)(F)F)cc3)n2)COc2cccnc21. The van der Waals surface area contributed by atoms with E-state index in [-0.39, 0.29) is 19.0 Å². The van der Waals surface area contributed by atoms with Crippen LogP contribution in [0.1, 0.15) is 21.7 Å². The highest BCUT2D eigenvalue weighted by atomic mass is 32.1. The van der Waals surface area contributed by atoms with Gasteiger partial charge in [-0.2, -0.15) is 13.2 Å². The van der Waals surface area contributed by atoms with E-state index >= 15 is 0 Å². The minimum Gasteiger partial charge on any atom is -0.487 e. The number of benzene rings is 1. The average molecular weight is 462 g/mol. The fourth-order valence-corrected chi connectivity index (χ4v) is 3.33. The first kappa shape index (κ1) is 21.7. The van der Waals surface area contributed by atoms with Gasteiger partial charge < -0.3 is 15.0 Å². The van der Waals surface area contributed by atoms with Crippen LogP contribution in [0.3, 0.4) is 0 Å². The number of hydrogen-bond donors (Lipinski definition) is 1. The lowest BCUT2D eigenvalue weighted by Crippen LogP contribution is -2.48. The molecule has 1 aliphatic heterocycles. The minimum absolute atomic E-state index is 0.0951. The zero-order chi connectivity index (χ0) is 22.9. The summed E-state index contributed by atoms with van der Waals surface area (Å²) in [6.45, 7) is 0.271. The Balaban J connectivity index is 1.41. The third kappa shape index (κ3) is 4.54. The lowest BCUT2D eigenvalue weighted by Gasteiger charge is -2.22. The Morgan fingerprint density at radius 2 is 2.00 bits per heavy atom. The highest BCUT2D eigenvalue weighted by Gasteiger charge is 2.30. The number of ether oxygens (including phenoxy) is 1. The van der Waals surface area contributed by atoms with Crippen molar-refractivity contribution in [2.24, 2.45) is 0 Å². The van der Waals surface area contributed by atoms with E-state index in [1.165, 1.54) is 23.1 Å². The fourth-order valence-electron chi connectivity index (χ4n) is 3.12. The van der Waals surface area contributed by atoms with Crippen LogP contribution in [-0.2, 0) is 12.7 Å². The molecule has 0 fully saturated rings. The van der Waals surface area contributed by atoms with Gasteiger partial charge >= 0.3 is 6.18 Å². The van der Waals surface area contributed by atoms with Crippen molar-refractivity contribution in [3.05, 3.63) is 65.9 Å². The molecule has 0 spiro atoms. The molecule has 4 rings (SSSR count). The second-order valence-corrected chi connectivity index (χ2v) is 7.44. The predicted molar refractivity (Wildman–Crippen MR) is 113 cm³/mol. The maximum Gasteiger partial charge on any atom is 0.416 e. The molecule has 3 aromatic rings. The van der Waals surface area contributed by atoms with Crippen LogP contribution in [0.2, 0.25) is 0 Å². The number of alkyl halides is 3. The van der Waals surface area contributed by atoms with Crippen molar-refractivity contribution >= 4 is 28.9 Å². The zero-order valence-corrected chi connectivity index (χ0v) is 17.5. The third-order valence-corrected chi connectivity index (χ3v) is 5.33. The number of amides is 1. The van der Waals surface area contributed by atoms with Crippen molar-refractivity contribution in [1.29, 1.82) is 0 Å². The van der Waals surface area contributed by atoms with E-state index < -0.39 is 23.7 Å². The summed E-state index contributed by atoms with van der Waals surface area (Å²) in [4.78, 5) is 23.0. The number of nitrogens with zero attached hydrogens (tertiary/aromatic N) is 5. The maximum absolute atomic E-state index is 12.7. The number of thiocarbonyl (C=S) groups is 1. The monoisotopic (exact) mass is 462 g/mol. The first-order valence-electron chi connectivity index (χ1n) is 9.44. The summed E-state index contributed by atoms with van der Waals surface area (Å²) in [5.41, 5.74) is -0.149. The van der Waals surface area contributed by atoms with Gasteiger partial charge in [-0.15, -0.1) is 5.10 Å². The van der Waals surface area contributed by atoms with Crippen molar-refractivity contribution in [3.63, 3.8) is 0 Å². The van der Waals surface area contributed by atoms with Gasteiger partial charge in [-0.25, -0.2) is 14.6 Å². The number of hydrogen-bond acceptors (Lipinski definition) is 6. The Morgan fingerprint density at radius 1 is 1.25 bits per heavy atom. The Bertz CT molecular complexity index is 1150. The molecule has 8 nitrogen and oxygen atoms in total. The average Bonchev–Trinajstić information content (AvgIpc) is 3.20. The van der Waals surface area contributed by atoms with Crippen molar-refractivity contribution < 1.29 is 22.7 Å². The number of carbonyl (C=O) groups is 1. The fraction of sp³-hybridized carbons (Fsp3) is 0.250. The number of halogens is 3. The lowest BCUT2D eigenvalue weighted by atomic mass is 10.1. The lowest BCUT2D eigenvalue weighted by molar-refractivity contribution is -0.137. The summed E-state index contributed by atoms with van der Waals surface area (Å²) in [6.07, 6.45) is -1.45. The Labute approximate surface area is 186 Å². The molecule has 166 valence electrons. The molecule has 1 aromatic carbocycles. The second-order valence-electron chi connectivity index (χ2n) is 7.02. The molecule has 0 saturated carbocycles. The van der Waals surface area contributed by atoms with E-state index in [1.807, 2.05) is 0 Å². The number of carbonyl (C=O) groups excluding carboxylic acids is 1. The van der Waals surface area contributed by atoms with E-state index in [2.05, 4.69) is 20.4 Å². The second kappa shape index (κ2) is 8.54. The van der Waals surface area contributed by atoms with Gasteiger partial charge in [-0.1, -0.05) is 24.4 Å². The van der Waals surface area contributed by atoms with E-state index in [9.17, 15) is 18.0 Å². The standard InChI is InChI=1S/C20H17F3N6O2S/c1-28-17-15(3-2-8-24-17)31-10-14(19(28)32)26-18(30)16-25-11-29(27-16)9-12-4-6-13(7-5-12)20(21,22)23/h2-8,11,14H,9-10H2,1H3,(H,26,30)/t14-/m0/s1. The van der Waals surface area contributed by atoms with Crippen molar-refractivity contribution in [3.8, 4) is 5.75 Å². The molecule has 1 amide bonds.